The third-order valence-corrected chi connectivity index (χ3v) is 6.83. The van der Waals surface area contributed by atoms with Crippen molar-refractivity contribution in [1.82, 2.24) is 4.90 Å². The van der Waals surface area contributed by atoms with Crippen molar-refractivity contribution in [3.05, 3.63) is 99.0 Å². The Labute approximate surface area is 210 Å². The first-order valence-electron chi connectivity index (χ1n) is 11.0. The van der Waals surface area contributed by atoms with Gasteiger partial charge in [0.25, 0.3) is 0 Å². The molecule has 1 N–H and O–H groups in total. The summed E-state index contributed by atoms with van der Waals surface area (Å²) < 4.78 is 0. The first-order chi connectivity index (χ1) is 16.3. The fourth-order valence-corrected chi connectivity index (χ4v) is 4.90. The average Bonchev–Trinajstić information content (AvgIpc) is 2.84. The standard InChI is InChI=1S/C27H24Cl2N4O/c1-27(34,22-7-2-19(15-30)3-8-22)18-32-12-13-33(25-11-4-20(16-31)14-24(25)29)26(17-32)21-5-9-23(28)10-6-21/h2-11,14,26,34H,12-13,17-18H2,1H3/t26-,27+/m0/s1. The van der Waals surface area contributed by atoms with Crippen molar-refractivity contribution in [2.45, 2.75) is 18.6 Å². The highest BCUT2D eigenvalue weighted by atomic mass is 35.5. The number of halogens is 2. The van der Waals surface area contributed by atoms with E-state index in [2.05, 4.69) is 21.9 Å². The summed E-state index contributed by atoms with van der Waals surface area (Å²) in [5.74, 6) is 0. The van der Waals surface area contributed by atoms with Crippen molar-refractivity contribution >= 4 is 28.9 Å². The fourth-order valence-electron chi connectivity index (χ4n) is 4.48. The zero-order valence-corrected chi connectivity index (χ0v) is 20.3. The number of anilines is 1. The average molecular weight is 491 g/mol. The minimum Gasteiger partial charge on any atom is -0.384 e. The van der Waals surface area contributed by atoms with Crippen LogP contribution < -0.4 is 4.90 Å². The number of hydrogen-bond acceptors (Lipinski definition) is 5. The lowest BCUT2D eigenvalue weighted by Crippen LogP contribution is -2.52. The summed E-state index contributed by atoms with van der Waals surface area (Å²) in [6, 6.07) is 24.4. The Morgan fingerprint density at radius 1 is 0.941 bits per heavy atom. The molecule has 2 atom stereocenters. The summed E-state index contributed by atoms with van der Waals surface area (Å²) in [7, 11) is 0. The second kappa shape index (κ2) is 10.1. The normalized spacial score (nSPS) is 18.1. The maximum absolute atomic E-state index is 11.3. The molecule has 7 heteroatoms. The summed E-state index contributed by atoms with van der Waals surface area (Å²) in [5, 5.41) is 30.7. The van der Waals surface area contributed by atoms with Gasteiger partial charge in [0.1, 0.15) is 0 Å². The molecule has 0 aromatic heterocycles. The Balaban J connectivity index is 1.61. The number of rotatable bonds is 5. The lowest BCUT2D eigenvalue weighted by Gasteiger charge is -2.45. The molecule has 1 aliphatic heterocycles. The third kappa shape index (κ3) is 5.20. The first kappa shape index (κ1) is 24.1. The Bertz CT molecular complexity index is 1240. The van der Waals surface area contributed by atoms with Gasteiger partial charge in [-0.2, -0.15) is 10.5 Å². The molecule has 1 heterocycles. The molecule has 172 valence electrons. The third-order valence-electron chi connectivity index (χ3n) is 6.27. The molecule has 0 bridgehead atoms. The molecule has 0 aliphatic carbocycles. The van der Waals surface area contributed by atoms with Gasteiger partial charge in [0.2, 0.25) is 0 Å². The van der Waals surface area contributed by atoms with Crippen LogP contribution in [0.3, 0.4) is 0 Å². The van der Waals surface area contributed by atoms with E-state index in [1.165, 1.54) is 0 Å². The van der Waals surface area contributed by atoms with Crippen LogP contribution in [0.2, 0.25) is 10.0 Å². The molecule has 34 heavy (non-hydrogen) atoms. The van der Waals surface area contributed by atoms with Gasteiger partial charge in [-0.1, -0.05) is 47.5 Å². The highest BCUT2D eigenvalue weighted by Gasteiger charge is 2.34. The SMILES string of the molecule is C[C@@](O)(CN1CCN(c2ccc(C#N)cc2Cl)[C@H](c2ccc(Cl)cc2)C1)c1ccc(C#N)cc1. The van der Waals surface area contributed by atoms with Crippen molar-refractivity contribution in [3.63, 3.8) is 0 Å². The van der Waals surface area contributed by atoms with Gasteiger partial charge in [0.15, 0.2) is 0 Å². The number of piperazine rings is 1. The molecule has 1 aliphatic rings. The van der Waals surface area contributed by atoms with Crippen molar-refractivity contribution in [2.24, 2.45) is 0 Å². The smallest absolute Gasteiger partial charge is 0.0994 e. The van der Waals surface area contributed by atoms with Gasteiger partial charge >= 0.3 is 0 Å². The number of nitrogens with zero attached hydrogens (tertiary/aromatic N) is 4. The lowest BCUT2D eigenvalue weighted by molar-refractivity contribution is 0.0103. The van der Waals surface area contributed by atoms with Crippen molar-refractivity contribution < 1.29 is 5.11 Å². The molecular formula is C27H24Cl2N4O. The molecule has 3 aromatic carbocycles. The predicted molar refractivity (Wildman–Crippen MR) is 135 cm³/mol. The zero-order chi connectivity index (χ0) is 24.3. The van der Waals surface area contributed by atoms with E-state index in [4.69, 9.17) is 28.5 Å². The molecule has 1 fully saturated rings. The van der Waals surface area contributed by atoms with Crippen LogP contribution in [0.25, 0.3) is 0 Å². The van der Waals surface area contributed by atoms with Crippen LogP contribution >= 0.6 is 23.2 Å². The molecule has 0 spiro atoms. The molecular weight excluding hydrogens is 467 g/mol. The first-order valence-corrected chi connectivity index (χ1v) is 11.7. The Morgan fingerprint density at radius 2 is 1.59 bits per heavy atom. The fraction of sp³-hybridized carbons (Fsp3) is 0.259. The van der Waals surface area contributed by atoms with E-state index < -0.39 is 5.60 Å². The van der Waals surface area contributed by atoms with Crippen LogP contribution in [0.5, 0.6) is 0 Å². The van der Waals surface area contributed by atoms with Gasteiger partial charge < -0.3 is 10.0 Å². The van der Waals surface area contributed by atoms with Crippen LogP contribution in [0, 0.1) is 22.7 Å². The van der Waals surface area contributed by atoms with Gasteiger partial charge in [-0.25, -0.2) is 0 Å². The van der Waals surface area contributed by atoms with E-state index >= 15 is 0 Å². The predicted octanol–water partition coefficient (Wildman–Crippen LogP) is 5.51. The van der Waals surface area contributed by atoms with Gasteiger partial charge in [-0.3, -0.25) is 4.90 Å². The summed E-state index contributed by atoms with van der Waals surface area (Å²) in [6.45, 7) is 4.34. The quantitative estimate of drug-likeness (QED) is 0.510. The van der Waals surface area contributed by atoms with Crippen LogP contribution in [0.15, 0.2) is 66.7 Å². The molecule has 3 aromatic rings. The maximum atomic E-state index is 11.3. The molecule has 0 saturated carbocycles. The molecule has 4 rings (SSSR count). The summed E-state index contributed by atoms with van der Waals surface area (Å²) in [4.78, 5) is 4.49. The molecule has 0 radical (unpaired) electrons. The van der Waals surface area contributed by atoms with E-state index in [0.29, 0.717) is 40.8 Å². The monoisotopic (exact) mass is 490 g/mol. The van der Waals surface area contributed by atoms with Crippen molar-refractivity contribution in [2.75, 3.05) is 31.1 Å². The van der Waals surface area contributed by atoms with Crippen LogP contribution in [-0.2, 0) is 5.60 Å². The highest BCUT2D eigenvalue weighted by molar-refractivity contribution is 6.33. The zero-order valence-electron chi connectivity index (χ0n) is 18.7. The van der Waals surface area contributed by atoms with Gasteiger partial charge in [-0.05, 0) is 60.5 Å². The molecule has 1 saturated heterocycles. The van der Waals surface area contributed by atoms with E-state index in [-0.39, 0.29) is 6.04 Å². The Kier molecular flexibility index (Phi) is 7.12. The number of nitriles is 2. The number of β-amino-alcohol motifs (C(OH)–C–C–N with tert-alkyl or cyclic N) is 1. The largest absolute Gasteiger partial charge is 0.384 e. The maximum Gasteiger partial charge on any atom is 0.0994 e. The molecule has 5 nitrogen and oxygen atoms in total. The van der Waals surface area contributed by atoms with E-state index in [9.17, 15) is 10.4 Å². The van der Waals surface area contributed by atoms with Gasteiger partial charge in [0.05, 0.1) is 45.6 Å². The number of hydrogen-bond donors (Lipinski definition) is 1. The number of aliphatic hydroxyl groups is 1. The molecule has 0 unspecified atom stereocenters. The second-order valence-corrected chi connectivity index (χ2v) is 9.58. The van der Waals surface area contributed by atoms with Gasteiger partial charge in [-0.15, -0.1) is 0 Å². The summed E-state index contributed by atoms with van der Waals surface area (Å²) in [6.07, 6.45) is 0. The second-order valence-electron chi connectivity index (χ2n) is 8.74. The van der Waals surface area contributed by atoms with E-state index in [1.54, 1.807) is 31.2 Å². The van der Waals surface area contributed by atoms with Crippen molar-refractivity contribution in [3.8, 4) is 12.1 Å². The summed E-state index contributed by atoms with van der Waals surface area (Å²) >= 11 is 12.7. The minimum atomic E-state index is -1.08. The lowest BCUT2D eigenvalue weighted by atomic mass is 9.93. The van der Waals surface area contributed by atoms with Crippen molar-refractivity contribution in [1.29, 1.82) is 10.5 Å². The number of benzene rings is 3. The van der Waals surface area contributed by atoms with E-state index in [0.717, 1.165) is 23.4 Å². The topological polar surface area (TPSA) is 74.3 Å². The molecule has 0 amide bonds. The Morgan fingerprint density at radius 3 is 2.21 bits per heavy atom. The minimum absolute atomic E-state index is 0.0202. The van der Waals surface area contributed by atoms with Crippen LogP contribution in [0.4, 0.5) is 5.69 Å². The van der Waals surface area contributed by atoms with E-state index in [1.807, 2.05) is 42.5 Å². The van der Waals surface area contributed by atoms with Crippen LogP contribution in [-0.4, -0.2) is 36.2 Å². The summed E-state index contributed by atoms with van der Waals surface area (Å²) in [5.41, 5.74) is 2.75. The Hall–Kier alpha value is -3.06. The highest BCUT2D eigenvalue weighted by Crippen LogP contribution is 2.37. The van der Waals surface area contributed by atoms with Gasteiger partial charge in [0, 0.05) is 31.2 Å². The van der Waals surface area contributed by atoms with Crippen LogP contribution in [0.1, 0.15) is 35.2 Å².